The van der Waals surface area contributed by atoms with Crippen molar-refractivity contribution in [1.82, 2.24) is 0 Å². The van der Waals surface area contributed by atoms with Crippen LogP contribution in [0, 0.1) is 10.1 Å². The van der Waals surface area contributed by atoms with E-state index in [4.69, 9.17) is 0 Å². The molecule has 0 heterocycles. The number of rotatable bonds is 5. The second kappa shape index (κ2) is 5.54. The van der Waals surface area contributed by atoms with Crippen molar-refractivity contribution >= 4 is 11.9 Å². The first-order valence-corrected chi connectivity index (χ1v) is 4.22. The summed E-state index contributed by atoms with van der Waals surface area (Å²) in [7, 11) is 0. The van der Waals surface area contributed by atoms with E-state index in [0.717, 1.165) is 5.56 Å². The normalized spacial score (nSPS) is 10.1. The van der Waals surface area contributed by atoms with Gasteiger partial charge in [0.05, 0.1) is 0 Å². The molecule has 0 aliphatic carbocycles. The number of nitrogens with zero attached hydrogens (tertiary/aromatic N) is 1. The zero-order chi connectivity index (χ0) is 11.1. The summed E-state index contributed by atoms with van der Waals surface area (Å²) < 4.78 is 0. The molecule has 5 nitrogen and oxygen atoms in total. The second-order valence-corrected chi connectivity index (χ2v) is 2.71. The first-order chi connectivity index (χ1) is 7.18. The maximum atomic E-state index is 11.0. The van der Waals surface area contributed by atoms with Crippen molar-refractivity contribution in [3.05, 3.63) is 52.1 Å². The Morgan fingerprint density at radius 2 is 2.07 bits per heavy atom. The average molecular weight is 207 g/mol. The molecule has 0 amide bonds. The van der Waals surface area contributed by atoms with Crippen LogP contribution in [0.2, 0.25) is 0 Å². The topological polar surface area (TPSA) is 69.4 Å². The highest BCUT2D eigenvalue weighted by Crippen LogP contribution is 2.00. The van der Waals surface area contributed by atoms with Crippen molar-refractivity contribution in [1.29, 1.82) is 0 Å². The van der Waals surface area contributed by atoms with E-state index in [0.29, 0.717) is 0 Å². The first kappa shape index (κ1) is 10.9. The first-order valence-electron chi connectivity index (χ1n) is 4.22. The van der Waals surface area contributed by atoms with E-state index in [9.17, 15) is 14.9 Å². The molecule has 0 saturated heterocycles. The molecule has 1 aromatic rings. The van der Waals surface area contributed by atoms with Gasteiger partial charge in [-0.2, -0.15) is 0 Å². The van der Waals surface area contributed by atoms with Gasteiger partial charge in [-0.25, -0.2) is 0 Å². The van der Waals surface area contributed by atoms with Crippen molar-refractivity contribution in [3.63, 3.8) is 0 Å². The summed E-state index contributed by atoms with van der Waals surface area (Å²) in [5.41, 5.74) is 0.854. The smallest absolute Gasteiger partial charge is 0.294 e. The molecule has 0 saturated carbocycles. The number of benzene rings is 1. The molecule has 1 aromatic carbocycles. The van der Waals surface area contributed by atoms with Crippen molar-refractivity contribution in [2.75, 3.05) is 6.61 Å². The monoisotopic (exact) mass is 207 g/mol. The summed E-state index contributed by atoms with van der Waals surface area (Å²) in [6.07, 6.45) is 2.82. The molecule has 78 valence electrons. The fraction of sp³-hybridized carbons (Fsp3) is 0.100. The molecular formula is C10H9NO4. The summed E-state index contributed by atoms with van der Waals surface area (Å²) in [5.74, 6) is -0.449. The van der Waals surface area contributed by atoms with Crippen molar-refractivity contribution < 1.29 is 14.7 Å². The average Bonchev–Trinajstić information content (AvgIpc) is 2.25. The van der Waals surface area contributed by atoms with Gasteiger partial charge in [-0.15, -0.1) is 10.1 Å². The Balaban J connectivity index is 2.44. The molecular weight excluding hydrogens is 198 g/mol. The fourth-order valence-electron chi connectivity index (χ4n) is 0.918. The van der Waals surface area contributed by atoms with Gasteiger partial charge in [0.1, 0.15) is 0 Å². The molecule has 0 aliphatic rings. The van der Waals surface area contributed by atoms with E-state index in [1.165, 1.54) is 6.08 Å². The molecule has 0 spiro atoms. The van der Waals surface area contributed by atoms with Crippen LogP contribution in [-0.4, -0.2) is 17.5 Å². The number of hydrogen-bond donors (Lipinski definition) is 0. The Labute approximate surface area is 86.1 Å². The maximum Gasteiger partial charge on any atom is 0.294 e. The Bertz CT molecular complexity index is 372. The van der Waals surface area contributed by atoms with Gasteiger partial charge >= 0.3 is 0 Å². The van der Waals surface area contributed by atoms with Crippen molar-refractivity contribution in [2.45, 2.75) is 0 Å². The van der Waals surface area contributed by atoms with E-state index < -0.39 is 17.5 Å². The van der Waals surface area contributed by atoms with E-state index in [1.54, 1.807) is 6.08 Å². The molecule has 0 N–H and O–H groups in total. The molecule has 1 rings (SSSR count). The second-order valence-electron chi connectivity index (χ2n) is 2.71. The largest absolute Gasteiger partial charge is 0.306 e. The minimum atomic E-state index is -0.992. The quantitative estimate of drug-likeness (QED) is 0.416. The molecule has 0 fully saturated rings. The van der Waals surface area contributed by atoms with Crippen LogP contribution in [0.15, 0.2) is 36.4 Å². The fourth-order valence-corrected chi connectivity index (χ4v) is 0.918. The minimum Gasteiger partial charge on any atom is -0.306 e. The third kappa shape index (κ3) is 4.56. The van der Waals surface area contributed by atoms with Gasteiger partial charge in [0.25, 0.3) is 5.09 Å². The summed E-state index contributed by atoms with van der Waals surface area (Å²) in [6.45, 7) is -0.545. The van der Waals surface area contributed by atoms with Gasteiger partial charge in [0.2, 0.25) is 0 Å². The molecule has 0 radical (unpaired) electrons. The van der Waals surface area contributed by atoms with Crippen LogP contribution in [0.25, 0.3) is 6.08 Å². The number of carbonyl (C=O) groups is 1. The highest BCUT2D eigenvalue weighted by molar-refractivity contribution is 5.94. The third-order valence-corrected chi connectivity index (χ3v) is 1.57. The maximum absolute atomic E-state index is 11.0. The van der Waals surface area contributed by atoms with Crippen LogP contribution in [0.3, 0.4) is 0 Å². The van der Waals surface area contributed by atoms with Crippen LogP contribution < -0.4 is 0 Å². The van der Waals surface area contributed by atoms with Gasteiger partial charge in [0, 0.05) is 0 Å². The highest BCUT2D eigenvalue weighted by atomic mass is 16.9. The van der Waals surface area contributed by atoms with Gasteiger partial charge < -0.3 is 4.84 Å². The molecule has 0 bridgehead atoms. The predicted octanol–water partition coefficient (Wildman–Crippen LogP) is 1.48. The summed E-state index contributed by atoms with van der Waals surface area (Å²) in [5, 5.41) is 8.79. The molecule has 0 unspecified atom stereocenters. The van der Waals surface area contributed by atoms with E-state index >= 15 is 0 Å². The Hall–Kier alpha value is -2.17. The van der Waals surface area contributed by atoms with E-state index in [2.05, 4.69) is 4.84 Å². The molecule has 0 aliphatic heterocycles. The molecule has 15 heavy (non-hydrogen) atoms. The molecule has 5 heteroatoms. The summed E-state index contributed by atoms with van der Waals surface area (Å²) >= 11 is 0. The van der Waals surface area contributed by atoms with Crippen LogP contribution >= 0.6 is 0 Å². The number of carbonyl (C=O) groups excluding carboxylic acids is 1. The summed E-state index contributed by atoms with van der Waals surface area (Å²) in [6, 6.07) is 9.15. The minimum absolute atomic E-state index is 0.449. The highest BCUT2D eigenvalue weighted by Gasteiger charge is 2.00. The van der Waals surface area contributed by atoms with Crippen molar-refractivity contribution in [2.24, 2.45) is 0 Å². The zero-order valence-electron chi connectivity index (χ0n) is 7.83. The number of hydrogen-bond acceptors (Lipinski definition) is 4. The Morgan fingerprint density at radius 3 is 2.67 bits per heavy atom. The Morgan fingerprint density at radius 1 is 1.40 bits per heavy atom. The van der Waals surface area contributed by atoms with E-state index in [1.807, 2.05) is 30.3 Å². The van der Waals surface area contributed by atoms with Gasteiger partial charge in [-0.05, 0) is 11.6 Å². The third-order valence-electron chi connectivity index (χ3n) is 1.57. The summed E-state index contributed by atoms with van der Waals surface area (Å²) in [4.78, 5) is 24.7. The van der Waals surface area contributed by atoms with Crippen LogP contribution in [0.4, 0.5) is 0 Å². The van der Waals surface area contributed by atoms with Gasteiger partial charge in [-0.3, -0.25) is 4.79 Å². The van der Waals surface area contributed by atoms with E-state index in [-0.39, 0.29) is 0 Å². The lowest BCUT2D eigenvalue weighted by Crippen LogP contribution is -2.09. The molecule has 0 aromatic heterocycles. The lowest BCUT2D eigenvalue weighted by Gasteiger charge is -1.93. The molecule has 0 atom stereocenters. The van der Waals surface area contributed by atoms with Crippen LogP contribution in [-0.2, 0) is 9.63 Å². The SMILES string of the molecule is O=C(/C=C/c1ccccc1)CO[N+](=O)[O-]. The standard InChI is InChI=1S/C10H9NO4/c12-10(8-15-11(13)14)7-6-9-4-2-1-3-5-9/h1-7H,8H2/b7-6+. The van der Waals surface area contributed by atoms with Gasteiger partial charge in [0.15, 0.2) is 12.4 Å². The van der Waals surface area contributed by atoms with Crippen LogP contribution in [0.1, 0.15) is 5.56 Å². The lowest BCUT2D eigenvalue weighted by molar-refractivity contribution is -0.754. The lowest BCUT2D eigenvalue weighted by atomic mass is 10.2. The predicted molar refractivity (Wildman–Crippen MR) is 53.4 cm³/mol. The number of ketones is 1. The zero-order valence-corrected chi connectivity index (χ0v) is 7.83. The Kier molecular flexibility index (Phi) is 4.03. The van der Waals surface area contributed by atoms with Crippen LogP contribution in [0.5, 0.6) is 0 Å². The van der Waals surface area contributed by atoms with Gasteiger partial charge in [-0.1, -0.05) is 36.4 Å². The van der Waals surface area contributed by atoms with Crippen molar-refractivity contribution in [3.8, 4) is 0 Å².